The van der Waals surface area contributed by atoms with Gasteiger partial charge in [0.1, 0.15) is 0 Å². The summed E-state index contributed by atoms with van der Waals surface area (Å²) in [5.74, 6) is 0.919. The standard InChI is InChI=1S/C17H26N2O/c1-3-13-6-10-16(11-7-13)19-12-14-4-8-15(9-5-14)17(20)18-2/h4-5,8-9,13,16,19H,3,6-7,10-12H2,1-2H3,(H,18,20). The minimum Gasteiger partial charge on any atom is -0.355 e. The third-order valence-corrected chi connectivity index (χ3v) is 4.46. The Morgan fingerprint density at radius 3 is 2.35 bits per heavy atom. The molecule has 2 N–H and O–H groups in total. The maximum absolute atomic E-state index is 11.5. The van der Waals surface area contributed by atoms with Gasteiger partial charge in [-0.25, -0.2) is 0 Å². The number of nitrogens with one attached hydrogen (secondary N) is 2. The summed E-state index contributed by atoms with van der Waals surface area (Å²) in [6.07, 6.45) is 6.66. The normalized spacial score (nSPS) is 22.5. The van der Waals surface area contributed by atoms with Crippen LogP contribution < -0.4 is 10.6 Å². The molecule has 110 valence electrons. The topological polar surface area (TPSA) is 41.1 Å². The van der Waals surface area contributed by atoms with E-state index in [1.54, 1.807) is 7.05 Å². The van der Waals surface area contributed by atoms with Crippen LogP contribution in [0.1, 0.15) is 54.9 Å². The van der Waals surface area contributed by atoms with E-state index in [1.165, 1.54) is 37.7 Å². The van der Waals surface area contributed by atoms with Crippen LogP contribution in [0.5, 0.6) is 0 Å². The van der Waals surface area contributed by atoms with Crippen LogP contribution in [0.3, 0.4) is 0 Å². The molecular weight excluding hydrogens is 248 g/mol. The molecule has 0 spiro atoms. The Morgan fingerprint density at radius 1 is 1.15 bits per heavy atom. The van der Waals surface area contributed by atoms with Crippen LogP contribution in [0, 0.1) is 5.92 Å². The van der Waals surface area contributed by atoms with Crippen molar-refractivity contribution in [3.63, 3.8) is 0 Å². The van der Waals surface area contributed by atoms with Gasteiger partial charge in [0.25, 0.3) is 5.91 Å². The zero-order valence-electron chi connectivity index (χ0n) is 12.6. The van der Waals surface area contributed by atoms with Crippen molar-refractivity contribution < 1.29 is 4.79 Å². The van der Waals surface area contributed by atoms with Gasteiger partial charge in [0.15, 0.2) is 0 Å². The lowest BCUT2D eigenvalue weighted by Gasteiger charge is -2.28. The lowest BCUT2D eigenvalue weighted by atomic mass is 9.84. The number of hydrogen-bond acceptors (Lipinski definition) is 2. The molecule has 0 aromatic heterocycles. The second-order valence-corrected chi connectivity index (χ2v) is 5.78. The van der Waals surface area contributed by atoms with Gasteiger partial charge in [-0.15, -0.1) is 0 Å². The number of carbonyl (C=O) groups is 1. The SMILES string of the molecule is CCC1CCC(NCc2ccc(C(=O)NC)cc2)CC1. The fourth-order valence-electron chi connectivity index (χ4n) is 2.96. The van der Waals surface area contributed by atoms with E-state index in [0.717, 1.165) is 18.0 Å². The van der Waals surface area contributed by atoms with Gasteiger partial charge in [-0.2, -0.15) is 0 Å². The molecule has 0 radical (unpaired) electrons. The first kappa shape index (κ1) is 15.0. The molecule has 1 aromatic carbocycles. The van der Waals surface area contributed by atoms with E-state index in [-0.39, 0.29) is 5.91 Å². The van der Waals surface area contributed by atoms with Gasteiger partial charge in [-0.3, -0.25) is 4.79 Å². The molecule has 3 heteroatoms. The molecule has 0 atom stereocenters. The van der Waals surface area contributed by atoms with E-state index in [9.17, 15) is 4.79 Å². The maximum Gasteiger partial charge on any atom is 0.251 e. The first-order valence-electron chi connectivity index (χ1n) is 7.77. The molecule has 0 saturated heterocycles. The lowest BCUT2D eigenvalue weighted by molar-refractivity contribution is 0.0963. The second kappa shape index (κ2) is 7.44. The van der Waals surface area contributed by atoms with Crippen molar-refractivity contribution in [2.24, 2.45) is 5.92 Å². The Morgan fingerprint density at radius 2 is 1.80 bits per heavy atom. The predicted molar refractivity (Wildman–Crippen MR) is 82.7 cm³/mol. The molecule has 1 aliphatic carbocycles. The summed E-state index contributed by atoms with van der Waals surface area (Å²) < 4.78 is 0. The number of hydrogen-bond donors (Lipinski definition) is 2. The van der Waals surface area contributed by atoms with Crippen molar-refractivity contribution in [2.75, 3.05) is 7.05 Å². The highest BCUT2D eigenvalue weighted by molar-refractivity contribution is 5.93. The van der Waals surface area contributed by atoms with E-state index in [2.05, 4.69) is 17.6 Å². The highest BCUT2D eigenvalue weighted by Gasteiger charge is 2.19. The summed E-state index contributed by atoms with van der Waals surface area (Å²) in [5.41, 5.74) is 1.97. The average Bonchev–Trinajstić information content (AvgIpc) is 2.53. The zero-order valence-corrected chi connectivity index (χ0v) is 12.6. The molecule has 3 nitrogen and oxygen atoms in total. The summed E-state index contributed by atoms with van der Waals surface area (Å²) in [7, 11) is 1.66. The van der Waals surface area contributed by atoms with E-state index in [0.29, 0.717) is 6.04 Å². The van der Waals surface area contributed by atoms with Crippen LogP contribution in [-0.2, 0) is 6.54 Å². The molecule has 0 aliphatic heterocycles. The van der Waals surface area contributed by atoms with Crippen molar-refractivity contribution >= 4 is 5.91 Å². The van der Waals surface area contributed by atoms with E-state index >= 15 is 0 Å². The lowest BCUT2D eigenvalue weighted by Crippen LogP contribution is -2.32. The van der Waals surface area contributed by atoms with Gasteiger partial charge in [-0.1, -0.05) is 25.5 Å². The fourth-order valence-corrected chi connectivity index (χ4v) is 2.96. The van der Waals surface area contributed by atoms with Crippen LogP contribution in [-0.4, -0.2) is 19.0 Å². The highest BCUT2D eigenvalue weighted by atomic mass is 16.1. The van der Waals surface area contributed by atoms with Gasteiger partial charge in [0.2, 0.25) is 0 Å². The monoisotopic (exact) mass is 274 g/mol. The van der Waals surface area contributed by atoms with Crippen LogP contribution in [0.4, 0.5) is 0 Å². The number of carbonyl (C=O) groups excluding carboxylic acids is 1. The summed E-state index contributed by atoms with van der Waals surface area (Å²) >= 11 is 0. The number of benzene rings is 1. The highest BCUT2D eigenvalue weighted by Crippen LogP contribution is 2.26. The van der Waals surface area contributed by atoms with E-state index < -0.39 is 0 Å². The van der Waals surface area contributed by atoms with Gasteiger partial charge in [0.05, 0.1) is 0 Å². The maximum atomic E-state index is 11.5. The summed E-state index contributed by atoms with van der Waals surface area (Å²) in [6.45, 7) is 3.20. The molecule has 2 rings (SSSR count). The summed E-state index contributed by atoms with van der Waals surface area (Å²) in [6, 6.07) is 8.52. The second-order valence-electron chi connectivity index (χ2n) is 5.78. The Kier molecular flexibility index (Phi) is 5.60. The Balaban J connectivity index is 1.78. The first-order chi connectivity index (χ1) is 9.72. The minimum atomic E-state index is -0.0256. The van der Waals surface area contributed by atoms with Crippen molar-refractivity contribution in [3.05, 3.63) is 35.4 Å². The molecule has 20 heavy (non-hydrogen) atoms. The molecule has 0 unspecified atom stereocenters. The third-order valence-electron chi connectivity index (χ3n) is 4.46. The molecule has 1 saturated carbocycles. The largest absolute Gasteiger partial charge is 0.355 e. The van der Waals surface area contributed by atoms with E-state index in [1.807, 2.05) is 24.3 Å². The third kappa shape index (κ3) is 4.07. The van der Waals surface area contributed by atoms with Crippen molar-refractivity contribution in [2.45, 2.75) is 51.6 Å². The summed E-state index contributed by atoms with van der Waals surface area (Å²) in [4.78, 5) is 11.5. The van der Waals surface area contributed by atoms with Crippen molar-refractivity contribution in [1.29, 1.82) is 0 Å². The fraction of sp³-hybridized carbons (Fsp3) is 0.588. The zero-order chi connectivity index (χ0) is 14.4. The smallest absolute Gasteiger partial charge is 0.251 e. The molecule has 1 fully saturated rings. The predicted octanol–water partition coefficient (Wildman–Crippen LogP) is 3.10. The van der Waals surface area contributed by atoms with Crippen LogP contribution >= 0.6 is 0 Å². The van der Waals surface area contributed by atoms with Gasteiger partial charge < -0.3 is 10.6 Å². The molecule has 0 bridgehead atoms. The van der Waals surface area contributed by atoms with Crippen molar-refractivity contribution in [1.82, 2.24) is 10.6 Å². The summed E-state index contributed by atoms with van der Waals surface area (Å²) in [5, 5.41) is 6.28. The van der Waals surface area contributed by atoms with Gasteiger partial charge in [-0.05, 0) is 49.3 Å². The molecular formula is C17H26N2O. The van der Waals surface area contributed by atoms with E-state index in [4.69, 9.17) is 0 Å². The Hall–Kier alpha value is -1.35. The van der Waals surface area contributed by atoms with Gasteiger partial charge >= 0.3 is 0 Å². The molecule has 0 heterocycles. The number of amides is 1. The Bertz CT molecular complexity index is 419. The molecule has 1 aromatic rings. The quantitative estimate of drug-likeness (QED) is 0.866. The Labute approximate surface area is 122 Å². The average molecular weight is 274 g/mol. The number of rotatable bonds is 5. The van der Waals surface area contributed by atoms with Crippen LogP contribution in [0.2, 0.25) is 0 Å². The first-order valence-corrected chi connectivity index (χ1v) is 7.77. The van der Waals surface area contributed by atoms with Crippen LogP contribution in [0.25, 0.3) is 0 Å². The van der Waals surface area contributed by atoms with Gasteiger partial charge in [0, 0.05) is 25.2 Å². The molecule has 1 amide bonds. The van der Waals surface area contributed by atoms with Crippen molar-refractivity contribution in [3.8, 4) is 0 Å². The minimum absolute atomic E-state index is 0.0256. The van der Waals surface area contributed by atoms with Crippen LogP contribution in [0.15, 0.2) is 24.3 Å². The molecule has 1 aliphatic rings.